The molecule has 1 aromatic heterocycles. The van der Waals surface area contributed by atoms with Gasteiger partial charge in [0.2, 0.25) is 0 Å². The highest BCUT2D eigenvalue weighted by molar-refractivity contribution is 8.14. The molecular formula is C17H19N3O3S. The third-order valence-electron chi connectivity index (χ3n) is 4.50. The lowest BCUT2D eigenvalue weighted by Gasteiger charge is -2.26. The van der Waals surface area contributed by atoms with E-state index in [0.717, 1.165) is 29.3 Å². The molecule has 1 unspecified atom stereocenters. The normalized spacial score (nSPS) is 21.4. The molecule has 126 valence electrons. The fraction of sp³-hybridized carbons (Fsp3) is 0.412. The average molecular weight is 345 g/mol. The predicted molar refractivity (Wildman–Crippen MR) is 94.5 cm³/mol. The Kier molecular flexibility index (Phi) is 3.97. The van der Waals surface area contributed by atoms with Gasteiger partial charge in [-0.1, -0.05) is 23.9 Å². The van der Waals surface area contributed by atoms with E-state index in [9.17, 15) is 9.90 Å². The van der Waals surface area contributed by atoms with E-state index >= 15 is 0 Å². The second kappa shape index (κ2) is 6.14. The number of aliphatic imine (C=N–C) groups is 1. The van der Waals surface area contributed by atoms with Crippen molar-refractivity contribution in [2.45, 2.75) is 31.1 Å². The van der Waals surface area contributed by atoms with Crippen molar-refractivity contribution >= 4 is 22.6 Å². The summed E-state index contributed by atoms with van der Waals surface area (Å²) in [7, 11) is 0. The van der Waals surface area contributed by atoms with Crippen LogP contribution in [0.1, 0.15) is 42.2 Å². The first-order chi connectivity index (χ1) is 11.6. The molecule has 1 fully saturated rings. The van der Waals surface area contributed by atoms with Crippen LogP contribution in [-0.2, 0) is 4.74 Å². The number of rotatable bonds is 2. The molecular weight excluding hydrogens is 326 g/mol. The molecule has 1 saturated heterocycles. The third kappa shape index (κ3) is 2.67. The quantitative estimate of drug-likeness (QED) is 0.876. The van der Waals surface area contributed by atoms with E-state index in [0.29, 0.717) is 18.8 Å². The Morgan fingerprint density at radius 2 is 2.00 bits per heavy atom. The van der Waals surface area contributed by atoms with Crippen molar-refractivity contribution in [2.24, 2.45) is 4.99 Å². The van der Waals surface area contributed by atoms with Crippen molar-refractivity contribution < 1.29 is 9.84 Å². The van der Waals surface area contributed by atoms with Crippen LogP contribution in [0.4, 0.5) is 5.82 Å². The summed E-state index contributed by atoms with van der Waals surface area (Å²) in [6.07, 6.45) is 1.76. The van der Waals surface area contributed by atoms with Gasteiger partial charge in [-0.05, 0) is 37.5 Å². The Morgan fingerprint density at radius 3 is 2.71 bits per heavy atom. The molecule has 0 spiro atoms. The highest BCUT2D eigenvalue weighted by Crippen LogP contribution is 2.44. The zero-order chi connectivity index (χ0) is 16.7. The van der Waals surface area contributed by atoms with Gasteiger partial charge in [0, 0.05) is 13.2 Å². The lowest BCUT2D eigenvalue weighted by atomic mass is 10.1. The number of aromatic amines is 1. The second-order valence-electron chi connectivity index (χ2n) is 6.11. The maximum Gasteiger partial charge on any atom is 0.271 e. The molecule has 2 N–H and O–H groups in total. The molecule has 6 nitrogen and oxygen atoms in total. The number of thioether (sulfide) groups is 1. The maximum absolute atomic E-state index is 12.6. The van der Waals surface area contributed by atoms with E-state index in [1.165, 1.54) is 0 Å². The fourth-order valence-corrected chi connectivity index (χ4v) is 4.40. The number of fused-ring (bicyclic) bond motifs is 1. The minimum absolute atomic E-state index is 0.0849. The number of aromatic hydroxyl groups is 1. The molecule has 2 aliphatic heterocycles. The number of nitrogens with one attached hydrogen (secondary N) is 1. The van der Waals surface area contributed by atoms with Gasteiger partial charge in [0.05, 0.1) is 21.9 Å². The van der Waals surface area contributed by atoms with Crippen LogP contribution in [0.3, 0.4) is 0 Å². The summed E-state index contributed by atoms with van der Waals surface area (Å²) in [6.45, 7) is 3.38. The number of phenols is 1. The van der Waals surface area contributed by atoms with Crippen LogP contribution in [-0.4, -0.2) is 33.1 Å². The second-order valence-corrected chi connectivity index (χ2v) is 7.41. The number of nitrogens with zero attached hydrogens (tertiary/aromatic N) is 2. The summed E-state index contributed by atoms with van der Waals surface area (Å²) >= 11 is 1.57. The van der Waals surface area contributed by atoms with E-state index in [4.69, 9.17) is 4.74 Å². The van der Waals surface area contributed by atoms with Gasteiger partial charge in [0.1, 0.15) is 5.75 Å². The summed E-state index contributed by atoms with van der Waals surface area (Å²) in [5, 5.41) is 13.3. The minimum atomic E-state index is -0.108. The van der Waals surface area contributed by atoms with Gasteiger partial charge in [-0.15, -0.1) is 0 Å². The van der Waals surface area contributed by atoms with E-state index in [2.05, 4.69) is 10.1 Å². The molecule has 1 aromatic carbocycles. The number of ether oxygens (including phenoxy) is 1. The molecule has 0 amide bonds. The first-order valence-electron chi connectivity index (χ1n) is 8.06. The summed E-state index contributed by atoms with van der Waals surface area (Å²) in [4.78, 5) is 17.3. The maximum atomic E-state index is 12.6. The molecule has 0 saturated carbocycles. The summed E-state index contributed by atoms with van der Waals surface area (Å²) in [5.74, 6) is 0.958. The molecule has 1 atom stereocenters. The number of aromatic nitrogens is 2. The number of H-pyrrole nitrogens is 1. The molecule has 0 bridgehead atoms. The molecule has 2 aromatic rings. The van der Waals surface area contributed by atoms with Crippen molar-refractivity contribution in [1.29, 1.82) is 0 Å². The van der Waals surface area contributed by atoms with Crippen LogP contribution in [0.25, 0.3) is 0 Å². The summed E-state index contributed by atoms with van der Waals surface area (Å²) in [6, 6.07) is 7.25. The summed E-state index contributed by atoms with van der Waals surface area (Å²) < 4.78 is 7.35. The van der Waals surface area contributed by atoms with E-state index < -0.39 is 0 Å². The van der Waals surface area contributed by atoms with Gasteiger partial charge < -0.3 is 9.84 Å². The van der Waals surface area contributed by atoms with Gasteiger partial charge >= 0.3 is 0 Å². The van der Waals surface area contributed by atoms with Crippen molar-refractivity contribution in [2.75, 3.05) is 13.2 Å². The van der Waals surface area contributed by atoms with Gasteiger partial charge in [-0.25, -0.2) is 4.99 Å². The van der Waals surface area contributed by atoms with Gasteiger partial charge in [0.25, 0.3) is 5.56 Å². The number of phenolic OH excluding ortho intramolecular Hbond substituents is 1. The van der Waals surface area contributed by atoms with Crippen LogP contribution in [0.2, 0.25) is 0 Å². The number of hydrogen-bond acceptors (Lipinski definition) is 5. The van der Waals surface area contributed by atoms with Crippen molar-refractivity contribution in [1.82, 2.24) is 9.78 Å². The monoisotopic (exact) mass is 345 g/mol. The molecule has 2 aliphatic rings. The zero-order valence-electron chi connectivity index (χ0n) is 13.4. The Hall–Kier alpha value is -1.99. The van der Waals surface area contributed by atoms with Crippen molar-refractivity contribution in [3.8, 4) is 5.75 Å². The molecule has 3 heterocycles. The van der Waals surface area contributed by atoms with Crippen LogP contribution in [0.5, 0.6) is 5.75 Å². The number of hydrogen-bond donors (Lipinski definition) is 2. The molecule has 7 heteroatoms. The Bertz CT molecular complexity index is 832. The van der Waals surface area contributed by atoms with Crippen LogP contribution in [0.15, 0.2) is 34.1 Å². The first-order valence-corrected chi connectivity index (χ1v) is 8.94. The smallest absolute Gasteiger partial charge is 0.271 e. The average Bonchev–Trinajstić information content (AvgIpc) is 2.92. The van der Waals surface area contributed by atoms with Crippen molar-refractivity contribution in [3.05, 3.63) is 45.7 Å². The van der Waals surface area contributed by atoms with E-state index in [-0.39, 0.29) is 22.6 Å². The fourth-order valence-electron chi connectivity index (χ4n) is 3.30. The predicted octanol–water partition coefficient (Wildman–Crippen LogP) is 3.12. The summed E-state index contributed by atoms with van der Waals surface area (Å²) in [5.41, 5.74) is 1.60. The van der Waals surface area contributed by atoms with E-state index in [1.807, 2.05) is 23.7 Å². The van der Waals surface area contributed by atoms with Crippen molar-refractivity contribution in [3.63, 3.8) is 0 Å². The van der Waals surface area contributed by atoms with Crippen LogP contribution < -0.4 is 5.56 Å². The molecule has 0 aliphatic carbocycles. The van der Waals surface area contributed by atoms with Crippen LogP contribution in [0, 0.1) is 0 Å². The Morgan fingerprint density at radius 1 is 1.29 bits per heavy atom. The topological polar surface area (TPSA) is 79.6 Å². The molecule has 0 radical (unpaired) electrons. The van der Waals surface area contributed by atoms with Gasteiger partial charge in [-0.3, -0.25) is 14.6 Å². The zero-order valence-corrected chi connectivity index (χ0v) is 14.2. The lowest BCUT2D eigenvalue weighted by molar-refractivity contribution is 0.0666. The largest absolute Gasteiger partial charge is 0.508 e. The highest BCUT2D eigenvalue weighted by Gasteiger charge is 2.32. The lowest BCUT2D eigenvalue weighted by Crippen LogP contribution is -2.21. The van der Waals surface area contributed by atoms with E-state index in [1.54, 1.807) is 23.9 Å². The SMILES string of the molecule is CC1=Nc2c(c(=O)[nH]n2C2CCOCC2)C(c2ccc(O)cc2)S1. The highest BCUT2D eigenvalue weighted by atomic mass is 32.2. The number of benzene rings is 1. The standard InChI is InChI=1S/C17H19N3O3S/c1-10-18-16-14(15(24-10)11-2-4-13(21)5-3-11)17(22)19-20(16)12-6-8-23-9-7-12/h2-5,12,15,21H,6-9H2,1H3,(H,19,22). The third-order valence-corrected chi connectivity index (χ3v) is 5.68. The van der Waals surface area contributed by atoms with Gasteiger partial charge in [-0.2, -0.15) is 0 Å². The minimum Gasteiger partial charge on any atom is -0.508 e. The molecule has 24 heavy (non-hydrogen) atoms. The Labute approximate surface area is 143 Å². The Balaban J connectivity index is 1.80. The first kappa shape index (κ1) is 15.5. The molecule has 4 rings (SSSR count). The van der Waals surface area contributed by atoms with Crippen LogP contribution >= 0.6 is 11.8 Å². The van der Waals surface area contributed by atoms with Gasteiger partial charge in [0.15, 0.2) is 5.82 Å².